The van der Waals surface area contributed by atoms with Crippen molar-refractivity contribution in [3.8, 4) is 0 Å². The smallest absolute Gasteiger partial charge is 0.0284 e. The lowest BCUT2D eigenvalue weighted by molar-refractivity contribution is 0.559. The second kappa shape index (κ2) is 4.48. The van der Waals surface area contributed by atoms with Crippen LogP contribution in [0.1, 0.15) is 51.9 Å². The van der Waals surface area contributed by atoms with Crippen molar-refractivity contribution in [1.82, 2.24) is 0 Å². The molecule has 1 nitrogen and oxygen atoms in total. The summed E-state index contributed by atoms with van der Waals surface area (Å²) in [6.07, 6.45) is 11.9. The van der Waals surface area contributed by atoms with Crippen LogP contribution in [0.5, 0.6) is 0 Å². The molecule has 0 aromatic heterocycles. The number of hydrogen-bond donors (Lipinski definition) is 1. The third-order valence-electron chi connectivity index (χ3n) is 3.89. The Morgan fingerprint density at radius 3 is 2.71 bits per heavy atom. The van der Waals surface area contributed by atoms with Gasteiger partial charge >= 0.3 is 0 Å². The molecule has 80 valence electrons. The average Bonchev–Trinajstić information content (AvgIpc) is 2.81. The molecule has 0 bridgehead atoms. The monoisotopic (exact) mass is 193 g/mol. The molecule has 0 aromatic rings. The molecule has 0 aromatic carbocycles. The van der Waals surface area contributed by atoms with Crippen LogP contribution in [0, 0.1) is 11.8 Å². The van der Waals surface area contributed by atoms with Crippen LogP contribution >= 0.6 is 0 Å². The maximum atomic E-state index is 6.30. The molecule has 2 aliphatic rings. The largest absolute Gasteiger partial charge is 0.324 e. The summed E-state index contributed by atoms with van der Waals surface area (Å²) < 4.78 is 0. The van der Waals surface area contributed by atoms with Gasteiger partial charge in [-0.25, -0.2) is 0 Å². The predicted octanol–water partition coefficient (Wildman–Crippen LogP) is 3.25. The standard InChI is InChI=1S/C13H23N/c1-10-9-12(10)13(14)11-7-5-3-2-4-6-8-11/h7,10,12-13H,2-6,8-9,14H2,1H3. The van der Waals surface area contributed by atoms with Crippen LogP contribution < -0.4 is 5.73 Å². The van der Waals surface area contributed by atoms with Gasteiger partial charge in [-0.1, -0.05) is 31.4 Å². The van der Waals surface area contributed by atoms with E-state index in [4.69, 9.17) is 5.73 Å². The highest BCUT2D eigenvalue weighted by Gasteiger charge is 2.38. The van der Waals surface area contributed by atoms with Gasteiger partial charge in [0.05, 0.1) is 0 Å². The van der Waals surface area contributed by atoms with Crippen molar-refractivity contribution >= 4 is 0 Å². The topological polar surface area (TPSA) is 26.0 Å². The molecule has 0 saturated heterocycles. The first kappa shape index (κ1) is 10.2. The van der Waals surface area contributed by atoms with Crippen molar-refractivity contribution in [3.05, 3.63) is 11.6 Å². The molecule has 0 radical (unpaired) electrons. The third kappa shape index (κ3) is 2.38. The van der Waals surface area contributed by atoms with E-state index in [-0.39, 0.29) is 0 Å². The lowest BCUT2D eigenvalue weighted by Crippen LogP contribution is -2.26. The molecular weight excluding hydrogens is 170 g/mol. The zero-order chi connectivity index (χ0) is 9.97. The molecule has 3 atom stereocenters. The minimum atomic E-state index is 0.392. The van der Waals surface area contributed by atoms with Crippen LogP contribution in [-0.4, -0.2) is 6.04 Å². The molecule has 1 fully saturated rings. The molecule has 3 unspecified atom stereocenters. The van der Waals surface area contributed by atoms with Crippen molar-refractivity contribution in [2.24, 2.45) is 17.6 Å². The maximum Gasteiger partial charge on any atom is 0.0284 e. The van der Waals surface area contributed by atoms with E-state index in [1.54, 1.807) is 5.57 Å². The Balaban J connectivity index is 1.92. The van der Waals surface area contributed by atoms with Crippen LogP contribution in [0.15, 0.2) is 11.6 Å². The summed E-state index contributed by atoms with van der Waals surface area (Å²) in [7, 11) is 0. The molecule has 1 saturated carbocycles. The Morgan fingerprint density at radius 1 is 1.29 bits per heavy atom. The highest BCUT2D eigenvalue weighted by Crippen LogP contribution is 2.42. The second-order valence-electron chi connectivity index (χ2n) is 5.13. The maximum absolute atomic E-state index is 6.30. The summed E-state index contributed by atoms with van der Waals surface area (Å²) in [6.45, 7) is 2.33. The van der Waals surface area contributed by atoms with Crippen molar-refractivity contribution in [2.45, 2.75) is 57.9 Å². The summed E-state index contributed by atoms with van der Waals surface area (Å²) >= 11 is 0. The number of hydrogen-bond acceptors (Lipinski definition) is 1. The van der Waals surface area contributed by atoms with Gasteiger partial charge in [-0.3, -0.25) is 0 Å². The first-order valence-electron chi connectivity index (χ1n) is 6.23. The summed E-state index contributed by atoms with van der Waals surface area (Å²) in [5.74, 6) is 1.69. The van der Waals surface area contributed by atoms with Crippen molar-refractivity contribution in [3.63, 3.8) is 0 Å². The van der Waals surface area contributed by atoms with Crippen LogP contribution in [0.2, 0.25) is 0 Å². The van der Waals surface area contributed by atoms with Gasteiger partial charge in [-0.05, 0) is 43.9 Å². The second-order valence-corrected chi connectivity index (χ2v) is 5.13. The molecular formula is C13H23N. The molecule has 2 rings (SSSR count). The molecule has 2 aliphatic carbocycles. The fourth-order valence-electron chi connectivity index (χ4n) is 2.65. The molecule has 14 heavy (non-hydrogen) atoms. The quantitative estimate of drug-likeness (QED) is 0.669. The molecule has 0 heterocycles. The van der Waals surface area contributed by atoms with Crippen molar-refractivity contribution in [2.75, 3.05) is 0 Å². The van der Waals surface area contributed by atoms with Gasteiger partial charge in [0, 0.05) is 6.04 Å². The Labute approximate surface area is 87.8 Å². The summed E-state index contributed by atoms with van der Waals surface area (Å²) in [5.41, 5.74) is 7.86. The zero-order valence-electron chi connectivity index (χ0n) is 9.34. The average molecular weight is 193 g/mol. The highest BCUT2D eigenvalue weighted by atomic mass is 14.7. The fourth-order valence-corrected chi connectivity index (χ4v) is 2.65. The lowest BCUT2D eigenvalue weighted by atomic mass is 9.92. The molecule has 2 N–H and O–H groups in total. The molecule has 1 heteroatoms. The minimum Gasteiger partial charge on any atom is -0.324 e. The summed E-state index contributed by atoms with van der Waals surface area (Å²) in [4.78, 5) is 0. The van der Waals surface area contributed by atoms with E-state index in [1.807, 2.05) is 0 Å². The summed E-state index contributed by atoms with van der Waals surface area (Å²) in [6, 6.07) is 0.392. The number of rotatable bonds is 2. The van der Waals surface area contributed by atoms with Crippen LogP contribution in [0.25, 0.3) is 0 Å². The Bertz CT molecular complexity index is 219. The fraction of sp³-hybridized carbons (Fsp3) is 0.846. The lowest BCUT2D eigenvalue weighted by Gasteiger charge is -2.18. The number of nitrogens with two attached hydrogens (primary N) is 1. The molecule has 0 aliphatic heterocycles. The van der Waals surface area contributed by atoms with Gasteiger partial charge in [0.1, 0.15) is 0 Å². The van der Waals surface area contributed by atoms with Crippen LogP contribution in [-0.2, 0) is 0 Å². The first-order valence-corrected chi connectivity index (χ1v) is 6.23. The number of allylic oxidation sites excluding steroid dienone is 1. The predicted molar refractivity (Wildman–Crippen MR) is 61.0 cm³/mol. The molecule has 0 amide bonds. The zero-order valence-corrected chi connectivity index (χ0v) is 9.34. The first-order chi connectivity index (χ1) is 6.79. The normalized spacial score (nSPS) is 35.4. The van der Waals surface area contributed by atoms with E-state index in [0.29, 0.717) is 6.04 Å². The van der Waals surface area contributed by atoms with Gasteiger partial charge in [0.25, 0.3) is 0 Å². The third-order valence-corrected chi connectivity index (χ3v) is 3.89. The Kier molecular flexibility index (Phi) is 3.27. The Hall–Kier alpha value is -0.300. The summed E-state index contributed by atoms with van der Waals surface area (Å²) in [5, 5.41) is 0. The minimum absolute atomic E-state index is 0.392. The van der Waals surface area contributed by atoms with Gasteiger partial charge in [-0.2, -0.15) is 0 Å². The van der Waals surface area contributed by atoms with Gasteiger partial charge in [0.2, 0.25) is 0 Å². The van der Waals surface area contributed by atoms with Crippen LogP contribution in [0.3, 0.4) is 0 Å². The van der Waals surface area contributed by atoms with Gasteiger partial charge in [0.15, 0.2) is 0 Å². The van der Waals surface area contributed by atoms with E-state index in [9.17, 15) is 0 Å². The van der Waals surface area contributed by atoms with E-state index >= 15 is 0 Å². The van der Waals surface area contributed by atoms with Gasteiger partial charge in [-0.15, -0.1) is 0 Å². The molecule has 0 spiro atoms. The van der Waals surface area contributed by atoms with E-state index in [1.165, 1.54) is 44.9 Å². The van der Waals surface area contributed by atoms with Gasteiger partial charge < -0.3 is 5.73 Å². The highest BCUT2D eigenvalue weighted by molar-refractivity contribution is 5.16. The van der Waals surface area contributed by atoms with E-state index in [0.717, 1.165) is 11.8 Å². The Morgan fingerprint density at radius 2 is 2.00 bits per heavy atom. The van der Waals surface area contributed by atoms with Crippen molar-refractivity contribution < 1.29 is 0 Å². The van der Waals surface area contributed by atoms with Crippen LogP contribution in [0.4, 0.5) is 0 Å². The SMILES string of the molecule is CC1CC1C(N)C1=CCCCCCC1. The van der Waals surface area contributed by atoms with E-state index < -0.39 is 0 Å². The van der Waals surface area contributed by atoms with E-state index in [2.05, 4.69) is 13.0 Å². The van der Waals surface area contributed by atoms with Crippen molar-refractivity contribution in [1.29, 1.82) is 0 Å².